The molecule has 2 aromatic carbocycles. The number of pyridine rings is 2. The Labute approximate surface area is 239 Å². The van der Waals surface area contributed by atoms with Gasteiger partial charge in [-0.05, 0) is 18.2 Å². The van der Waals surface area contributed by atoms with E-state index in [1.54, 1.807) is 41.2 Å². The molecule has 0 fully saturated rings. The van der Waals surface area contributed by atoms with E-state index < -0.39 is 31.7 Å². The van der Waals surface area contributed by atoms with E-state index in [-0.39, 0.29) is 22.0 Å². The zero-order chi connectivity index (χ0) is 29.3. The summed E-state index contributed by atoms with van der Waals surface area (Å²) in [4.78, 5) is 7.72. The van der Waals surface area contributed by atoms with Crippen molar-refractivity contribution in [2.75, 3.05) is 10.6 Å². The topological polar surface area (TPSA) is 104 Å². The first-order valence-corrected chi connectivity index (χ1v) is 16.6. The Morgan fingerprint density at radius 3 is 2.51 bits per heavy atom. The van der Waals surface area contributed by atoms with Crippen LogP contribution < -0.4 is 10.6 Å². The molecule has 5 aromatic rings. The summed E-state index contributed by atoms with van der Waals surface area (Å²) < 4.78 is 44.1. The number of fused-ring (bicyclic) bond motifs is 1. The van der Waals surface area contributed by atoms with Gasteiger partial charge >= 0.3 is 0 Å². The third-order valence-electron chi connectivity index (χ3n) is 6.13. The first-order valence-electron chi connectivity index (χ1n) is 12.5. The van der Waals surface area contributed by atoms with Gasteiger partial charge in [-0.1, -0.05) is 54.7 Å². The number of hydrogen-bond acceptors (Lipinski definition) is 7. The highest BCUT2D eigenvalue weighted by atomic mass is 35.5. The van der Waals surface area contributed by atoms with Crippen LogP contribution in [0.1, 0.15) is 22.9 Å². The molecule has 0 amide bonds. The normalized spacial score (nSPS) is 12.2. The molecule has 8 nitrogen and oxygen atoms in total. The summed E-state index contributed by atoms with van der Waals surface area (Å²) in [6.07, 6.45) is 4.97. The molecular weight excluding hydrogens is 569 g/mol. The van der Waals surface area contributed by atoms with E-state index >= 15 is 4.39 Å². The summed E-state index contributed by atoms with van der Waals surface area (Å²) in [7, 11) is -1.52. The minimum absolute atomic E-state index is 0.116. The van der Waals surface area contributed by atoms with Crippen LogP contribution in [0.25, 0.3) is 10.9 Å². The number of rotatable bonds is 8. The quantitative estimate of drug-likeness (QED) is 0.148. The van der Waals surface area contributed by atoms with Crippen molar-refractivity contribution in [2.24, 2.45) is 0 Å². The summed E-state index contributed by atoms with van der Waals surface area (Å²) in [6, 6.07) is 11.9. The lowest BCUT2D eigenvalue weighted by atomic mass is 10.0. The maximum atomic E-state index is 15.1. The van der Waals surface area contributed by atoms with Crippen molar-refractivity contribution in [3.8, 4) is 6.07 Å². The number of nitriles is 1. The predicted molar refractivity (Wildman–Crippen MR) is 154 cm³/mol. The summed E-state index contributed by atoms with van der Waals surface area (Å²) in [5.41, 5.74) is 2.19. The molecule has 3 aromatic heterocycles. The van der Waals surface area contributed by atoms with Crippen molar-refractivity contribution in [3.05, 3.63) is 100 Å². The number of hydrogen-bond donors (Lipinski definition) is 2. The third-order valence-corrected chi connectivity index (χ3v) is 7.69. The lowest BCUT2D eigenvalue weighted by Crippen LogP contribution is -2.28. The minimum atomic E-state index is -1.52. The maximum absolute atomic E-state index is 15.1. The SMILES string of the molecule is C[Si](C)(C)Cn1cc([C@@H](Nc2cc(Cl)c3ncc(C#N)c(Nc4cnc(F)c(F)c4)c3c2)c2ccccc2F)nn1. The molecule has 1 atom stereocenters. The number of aromatic nitrogens is 5. The Hall–Kier alpha value is -4.47. The summed E-state index contributed by atoms with van der Waals surface area (Å²) in [5.74, 6) is -2.83. The average Bonchev–Trinajstić information content (AvgIpc) is 3.37. The first kappa shape index (κ1) is 28.1. The van der Waals surface area contributed by atoms with Crippen LogP contribution in [-0.2, 0) is 6.17 Å². The molecule has 13 heteroatoms. The molecule has 3 heterocycles. The second kappa shape index (κ2) is 11.2. The van der Waals surface area contributed by atoms with Crippen molar-refractivity contribution in [2.45, 2.75) is 31.9 Å². The van der Waals surface area contributed by atoms with Gasteiger partial charge in [-0.2, -0.15) is 9.65 Å². The number of benzene rings is 2. The molecule has 208 valence electrons. The molecular formula is C28H24ClF3N8Si. The Kier molecular flexibility index (Phi) is 7.66. The van der Waals surface area contributed by atoms with E-state index in [4.69, 9.17) is 11.6 Å². The van der Waals surface area contributed by atoms with Crippen LogP contribution in [0.15, 0.2) is 61.1 Å². The van der Waals surface area contributed by atoms with Gasteiger partial charge in [0.25, 0.3) is 0 Å². The van der Waals surface area contributed by atoms with E-state index in [0.29, 0.717) is 27.8 Å². The van der Waals surface area contributed by atoms with Gasteiger partial charge in [0.1, 0.15) is 23.6 Å². The van der Waals surface area contributed by atoms with Crippen LogP contribution in [0.5, 0.6) is 0 Å². The van der Waals surface area contributed by atoms with Gasteiger partial charge in [-0.25, -0.2) is 13.8 Å². The van der Waals surface area contributed by atoms with Gasteiger partial charge in [-0.15, -0.1) is 5.10 Å². The van der Waals surface area contributed by atoms with Crippen LogP contribution in [0.3, 0.4) is 0 Å². The van der Waals surface area contributed by atoms with Gasteiger partial charge in [0.2, 0.25) is 5.95 Å². The van der Waals surface area contributed by atoms with Gasteiger partial charge in [0.15, 0.2) is 5.82 Å². The summed E-state index contributed by atoms with van der Waals surface area (Å²) >= 11 is 6.63. The van der Waals surface area contributed by atoms with Crippen LogP contribution in [0.2, 0.25) is 24.7 Å². The van der Waals surface area contributed by atoms with Gasteiger partial charge in [-0.3, -0.25) is 9.67 Å². The lowest BCUT2D eigenvalue weighted by molar-refractivity contribution is 0.480. The Balaban J connectivity index is 1.60. The van der Waals surface area contributed by atoms with Gasteiger partial charge in [0.05, 0.1) is 47.9 Å². The molecule has 0 aliphatic heterocycles. The first-order chi connectivity index (χ1) is 19.5. The largest absolute Gasteiger partial charge is 0.373 e. The van der Waals surface area contributed by atoms with Crippen molar-refractivity contribution >= 4 is 47.6 Å². The molecule has 0 aliphatic carbocycles. The van der Waals surface area contributed by atoms with E-state index in [1.165, 1.54) is 12.3 Å². The molecule has 0 saturated heterocycles. The van der Waals surface area contributed by atoms with Crippen LogP contribution in [-0.4, -0.2) is 33.0 Å². The van der Waals surface area contributed by atoms with Crippen LogP contribution in [0.4, 0.5) is 30.2 Å². The van der Waals surface area contributed by atoms with Crippen molar-refractivity contribution in [1.29, 1.82) is 5.26 Å². The molecule has 2 N–H and O–H groups in total. The van der Waals surface area contributed by atoms with Gasteiger partial charge < -0.3 is 10.6 Å². The Bertz CT molecular complexity index is 1800. The molecule has 0 unspecified atom stereocenters. The number of anilines is 3. The fourth-order valence-corrected chi connectivity index (χ4v) is 5.79. The monoisotopic (exact) mass is 592 g/mol. The maximum Gasteiger partial charge on any atom is 0.249 e. The molecule has 5 rings (SSSR count). The van der Waals surface area contributed by atoms with Crippen molar-refractivity contribution in [3.63, 3.8) is 0 Å². The second-order valence-electron chi connectivity index (χ2n) is 10.6. The molecule has 41 heavy (non-hydrogen) atoms. The Morgan fingerprint density at radius 1 is 1.02 bits per heavy atom. The molecule has 0 saturated carbocycles. The average molecular weight is 593 g/mol. The minimum Gasteiger partial charge on any atom is -0.373 e. The highest BCUT2D eigenvalue weighted by molar-refractivity contribution is 6.74. The van der Waals surface area contributed by atoms with E-state index in [9.17, 15) is 14.0 Å². The smallest absolute Gasteiger partial charge is 0.249 e. The standard InChI is InChI=1S/C28H24ClF3N8Si/c1-41(2,3)15-40-14-24(38-39-40)27(19-6-4-5-7-22(19)30)36-17-8-20-25(37-18-10-23(31)28(32)35-13-18)16(11-33)12-34-26(20)21(29)9-17/h4-10,12-14,27,36H,15H2,1-3H3,(H,34,37)/t27-/m0/s1. The third kappa shape index (κ3) is 6.16. The Morgan fingerprint density at radius 2 is 1.80 bits per heavy atom. The zero-order valence-electron chi connectivity index (χ0n) is 22.3. The molecule has 0 bridgehead atoms. The predicted octanol–water partition coefficient (Wildman–Crippen LogP) is 6.99. The summed E-state index contributed by atoms with van der Waals surface area (Å²) in [6.45, 7) is 6.64. The fourth-order valence-electron chi connectivity index (χ4n) is 4.39. The lowest BCUT2D eigenvalue weighted by Gasteiger charge is -2.20. The van der Waals surface area contributed by atoms with E-state index in [1.807, 2.05) is 0 Å². The number of nitrogens with one attached hydrogen (secondary N) is 2. The highest BCUT2D eigenvalue weighted by Crippen LogP contribution is 2.37. The van der Waals surface area contributed by atoms with E-state index in [0.717, 1.165) is 18.4 Å². The van der Waals surface area contributed by atoms with Crippen LogP contribution in [0, 0.1) is 28.9 Å². The molecule has 0 aliphatic rings. The van der Waals surface area contributed by atoms with Gasteiger partial charge in [0, 0.05) is 35.1 Å². The second-order valence-corrected chi connectivity index (χ2v) is 16.5. The molecule has 0 radical (unpaired) electrons. The fraction of sp³-hybridized carbons (Fsp3) is 0.179. The van der Waals surface area contributed by atoms with Crippen molar-refractivity contribution < 1.29 is 13.2 Å². The highest BCUT2D eigenvalue weighted by Gasteiger charge is 2.24. The van der Waals surface area contributed by atoms with Crippen molar-refractivity contribution in [1.82, 2.24) is 25.0 Å². The molecule has 0 spiro atoms. The van der Waals surface area contributed by atoms with E-state index in [2.05, 4.69) is 56.6 Å². The number of halogens is 4. The zero-order valence-corrected chi connectivity index (χ0v) is 24.0. The summed E-state index contributed by atoms with van der Waals surface area (Å²) in [5, 5.41) is 25.3. The van der Waals surface area contributed by atoms with Crippen LogP contribution >= 0.6 is 11.6 Å². The number of nitrogens with zero attached hydrogens (tertiary/aromatic N) is 6.